The zero-order chi connectivity index (χ0) is 19.0. The highest BCUT2D eigenvalue weighted by Gasteiger charge is 2.34. The normalized spacial score (nSPS) is 21.7. The molecule has 1 aliphatic carbocycles. The third kappa shape index (κ3) is 3.42. The first kappa shape index (κ1) is 17.6. The molecule has 27 heavy (non-hydrogen) atoms. The standard InChI is InChI=1S/C23H26N4/c1-16-12-18(14-23(2,3)13-16)27-21-11-7-6-10-20(21)26-22(27)25-19-9-5-4-8-17(19)15-24/h4-11,16,18H,12-14H2,1-3H3,(H,25,26)/t16-,18+/m1/s1. The highest BCUT2D eigenvalue weighted by molar-refractivity contribution is 5.80. The molecule has 4 nitrogen and oxygen atoms in total. The Morgan fingerprint density at radius 3 is 2.63 bits per heavy atom. The van der Waals surface area contributed by atoms with E-state index in [1.165, 1.54) is 6.42 Å². The topological polar surface area (TPSA) is 53.6 Å². The first-order chi connectivity index (χ1) is 13.0. The molecule has 1 N–H and O–H groups in total. The van der Waals surface area contributed by atoms with Gasteiger partial charge in [0.2, 0.25) is 5.95 Å². The highest BCUT2D eigenvalue weighted by Crippen LogP contribution is 2.46. The summed E-state index contributed by atoms with van der Waals surface area (Å²) in [5, 5.41) is 12.9. The first-order valence-electron chi connectivity index (χ1n) is 9.70. The third-order valence-electron chi connectivity index (χ3n) is 5.62. The number of hydrogen-bond acceptors (Lipinski definition) is 3. The summed E-state index contributed by atoms with van der Waals surface area (Å²) in [5.41, 5.74) is 3.90. The molecule has 1 aromatic heterocycles. The van der Waals surface area contributed by atoms with Gasteiger partial charge in [0, 0.05) is 6.04 Å². The second kappa shape index (κ2) is 6.74. The van der Waals surface area contributed by atoms with Gasteiger partial charge in [-0.15, -0.1) is 0 Å². The van der Waals surface area contributed by atoms with Crippen LogP contribution in [0.4, 0.5) is 11.6 Å². The number of imidazole rings is 1. The number of aromatic nitrogens is 2. The summed E-state index contributed by atoms with van der Waals surface area (Å²) in [6, 6.07) is 18.6. The van der Waals surface area contributed by atoms with Gasteiger partial charge in [-0.3, -0.25) is 0 Å². The average Bonchev–Trinajstić information content (AvgIpc) is 2.98. The fourth-order valence-corrected chi connectivity index (χ4v) is 4.80. The van der Waals surface area contributed by atoms with Crippen molar-refractivity contribution in [3.05, 3.63) is 54.1 Å². The van der Waals surface area contributed by atoms with Crippen LogP contribution < -0.4 is 5.32 Å². The van der Waals surface area contributed by atoms with E-state index < -0.39 is 0 Å². The molecular weight excluding hydrogens is 332 g/mol. The molecule has 0 unspecified atom stereocenters. The van der Waals surface area contributed by atoms with Crippen LogP contribution in [0, 0.1) is 22.7 Å². The molecular formula is C23H26N4. The van der Waals surface area contributed by atoms with E-state index in [9.17, 15) is 5.26 Å². The number of hydrogen-bond donors (Lipinski definition) is 1. The third-order valence-corrected chi connectivity index (χ3v) is 5.62. The summed E-state index contributed by atoms with van der Waals surface area (Å²) in [6.45, 7) is 7.09. The molecule has 0 aliphatic heterocycles. The SMILES string of the molecule is C[C@@H]1C[C@H](n2c(Nc3ccccc3C#N)nc3ccccc32)CC(C)(C)C1. The quantitative estimate of drug-likeness (QED) is 0.621. The summed E-state index contributed by atoms with van der Waals surface area (Å²) in [6.07, 6.45) is 3.54. The van der Waals surface area contributed by atoms with Gasteiger partial charge in [0.15, 0.2) is 0 Å². The average molecular weight is 358 g/mol. The fourth-order valence-electron chi connectivity index (χ4n) is 4.80. The smallest absolute Gasteiger partial charge is 0.208 e. The van der Waals surface area contributed by atoms with E-state index in [0.717, 1.165) is 35.5 Å². The predicted molar refractivity (Wildman–Crippen MR) is 110 cm³/mol. The van der Waals surface area contributed by atoms with Gasteiger partial charge in [-0.1, -0.05) is 45.0 Å². The van der Waals surface area contributed by atoms with Crippen molar-refractivity contribution >= 4 is 22.7 Å². The van der Waals surface area contributed by atoms with Gasteiger partial charge in [0.05, 0.1) is 22.3 Å². The molecule has 0 amide bonds. The minimum absolute atomic E-state index is 0.315. The summed E-state index contributed by atoms with van der Waals surface area (Å²) < 4.78 is 2.36. The number of nitrogens with one attached hydrogen (secondary N) is 1. The van der Waals surface area contributed by atoms with E-state index in [4.69, 9.17) is 4.98 Å². The van der Waals surface area contributed by atoms with E-state index >= 15 is 0 Å². The molecule has 4 heteroatoms. The Morgan fingerprint density at radius 1 is 1.11 bits per heavy atom. The van der Waals surface area contributed by atoms with Crippen LogP contribution in [0.5, 0.6) is 0 Å². The monoisotopic (exact) mass is 358 g/mol. The van der Waals surface area contributed by atoms with Crippen LogP contribution in [0.3, 0.4) is 0 Å². The van der Waals surface area contributed by atoms with Crippen molar-refractivity contribution in [1.82, 2.24) is 9.55 Å². The maximum atomic E-state index is 9.44. The first-order valence-corrected chi connectivity index (χ1v) is 9.70. The summed E-state index contributed by atoms with van der Waals surface area (Å²) in [7, 11) is 0. The van der Waals surface area contributed by atoms with Crippen LogP contribution in [-0.2, 0) is 0 Å². The zero-order valence-electron chi connectivity index (χ0n) is 16.2. The highest BCUT2D eigenvalue weighted by atomic mass is 15.2. The van der Waals surface area contributed by atoms with Crippen LogP contribution in [0.25, 0.3) is 11.0 Å². The molecule has 2 atom stereocenters. The Bertz CT molecular complexity index is 1010. The summed E-state index contributed by atoms with van der Waals surface area (Å²) in [5.74, 6) is 1.51. The molecule has 2 aromatic carbocycles. The van der Waals surface area contributed by atoms with Crippen LogP contribution in [0.1, 0.15) is 51.6 Å². The Balaban J connectivity index is 1.82. The lowest BCUT2D eigenvalue weighted by Crippen LogP contribution is -2.29. The lowest BCUT2D eigenvalue weighted by molar-refractivity contribution is 0.140. The molecule has 0 spiro atoms. The number of rotatable bonds is 3. The maximum absolute atomic E-state index is 9.44. The number of benzene rings is 2. The Morgan fingerprint density at radius 2 is 1.85 bits per heavy atom. The molecule has 1 saturated carbocycles. The van der Waals surface area contributed by atoms with E-state index in [0.29, 0.717) is 22.9 Å². The van der Waals surface area contributed by atoms with Crippen molar-refractivity contribution in [3.63, 3.8) is 0 Å². The molecule has 0 bridgehead atoms. The van der Waals surface area contributed by atoms with E-state index in [1.807, 2.05) is 30.3 Å². The van der Waals surface area contributed by atoms with Crippen LogP contribution in [-0.4, -0.2) is 9.55 Å². The summed E-state index contributed by atoms with van der Waals surface area (Å²) in [4.78, 5) is 4.87. The Labute approximate surface area is 160 Å². The lowest BCUT2D eigenvalue weighted by Gasteiger charge is -2.40. The van der Waals surface area contributed by atoms with Crippen molar-refractivity contribution in [2.45, 2.75) is 46.1 Å². The van der Waals surface area contributed by atoms with Gasteiger partial charge in [-0.05, 0) is 54.9 Å². The van der Waals surface area contributed by atoms with E-state index in [2.05, 4.69) is 54.9 Å². The molecule has 3 aromatic rings. The zero-order valence-corrected chi connectivity index (χ0v) is 16.2. The van der Waals surface area contributed by atoms with Gasteiger partial charge in [-0.25, -0.2) is 4.98 Å². The van der Waals surface area contributed by atoms with Crippen molar-refractivity contribution in [1.29, 1.82) is 5.26 Å². The van der Waals surface area contributed by atoms with E-state index in [1.54, 1.807) is 0 Å². The number of para-hydroxylation sites is 3. The second-order valence-corrected chi connectivity index (χ2v) is 8.64. The minimum Gasteiger partial charge on any atom is -0.324 e. The van der Waals surface area contributed by atoms with Gasteiger partial charge < -0.3 is 9.88 Å². The lowest BCUT2D eigenvalue weighted by atomic mass is 9.70. The van der Waals surface area contributed by atoms with Crippen LogP contribution in [0.2, 0.25) is 0 Å². The minimum atomic E-state index is 0.315. The molecule has 138 valence electrons. The number of anilines is 2. The molecule has 4 rings (SSSR count). The van der Waals surface area contributed by atoms with Crippen molar-refractivity contribution in [2.75, 3.05) is 5.32 Å². The molecule has 0 radical (unpaired) electrons. The fraction of sp³-hybridized carbons (Fsp3) is 0.391. The number of nitriles is 1. The Kier molecular flexibility index (Phi) is 4.39. The number of nitrogens with zero attached hydrogens (tertiary/aromatic N) is 3. The molecule has 1 fully saturated rings. The van der Waals surface area contributed by atoms with Gasteiger partial charge in [0.1, 0.15) is 6.07 Å². The van der Waals surface area contributed by atoms with E-state index in [-0.39, 0.29) is 0 Å². The van der Waals surface area contributed by atoms with Gasteiger partial charge >= 0.3 is 0 Å². The summed E-state index contributed by atoms with van der Waals surface area (Å²) >= 11 is 0. The largest absolute Gasteiger partial charge is 0.324 e. The van der Waals surface area contributed by atoms with Crippen LogP contribution >= 0.6 is 0 Å². The molecule has 1 heterocycles. The van der Waals surface area contributed by atoms with Crippen molar-refractivity contribution in [2.24, 2.45) is 11.3 Å². The van der Waals surface area contributed by atoms with Crippen LogP contribution in [0.15, 0.2) is 48.5 Å². The second-order valence-electron chi connectivity index (χ2n) is 8.64. The predicted octanol–water partition coefficient (Wildman–Crippen LogP) is 6.04. The van der Waals surface area contributed by atoms with Gasteiger partial charge in [0.25, 0.3) is 0 Å². The van der Waals surface area contributed by atoms with Gasteiger partial charge in [-0.2, -0.15) is 5.26 Å². The molecule has 0 saturated heterocycles. The van der Waals surface area contributed by atoms with Crippen molar-refractivity contribution in [3.8, 4) is 6.07 Å². The molecule has 1 aliphatic rings. The Hall–Kier alpha value is -2.80. The number of fused-ring (bicyclic) bond motifs is 1. The maximum Gasteiger partial charge on any atom is 0.208 e. The van der Waals surface area contributed by atoms with Crippen molar-refractivity contribution < 1.29 is 0 Å².